The molecule has 0 fully saturated rings. The lowest BCUT2D eigenvalue weighted by Crippen LogP contribution is -2.36. The van der Waals surface area contributed by atoms with E-state index in [4.69, 9.17) is 15.2 Å². The summed E-state index contributed by atoms with van der Waals surface area (Å²) in [5.74, 6) is 0.983. The Morgan fingerprint density at radius 2 is 2.27 bits per heavy atom. The zero-order valence-corrected chi connectivity index (χ0v) is 9.03. The number of hydrogen-bond donors (Lipinski definition) is 1. The second-order valence-electron chi connectivity index (χ2n) is 4.18. The Hall–Kier alpha value is -1.06. The number of nitrogens with two attached hydrogens (primary N) is 1. The fourth-order valence-corrected chi connectivity index (χ4v) is 1.91. The van der Waals surface area contributed by atoms with E-state index in [1.165, 1.54) is 5.56 Å². The van der Waals surface area contributed by atoms with Gasteiger partial charge in [-0.25, -0.2) is 0 Å². The predicted octanol–water partition coefficient (Wildman–Crippen LogP) is 1.36. The van der Waals surface area contributed by atoms with E-state index < -0.39 is 0 Å². The normalized spacial score (nSPS) is 23.6. The number of rotatable bonds is 4. The smallest absolute Gasteiger partial charge is 0.134 e. The van der Waals surface area contributed by atoms with Gasteiger partial charge in [0.1, 0.15) is 11.4 Å². The minimum atomic E-state index is -0.223. The molecule has 1 aromatic carbocycles. The lowest BCUT2D eigenvalue weighted by atomic mass is 10.0. The van der Waals surface area contributed by atoms with Crippen LogP contribution in [0.4, 0.5) is 0 Å². The Morgan fingerprint density at radius 3 is 3.00 bits per heavy atom. The van der Waals surface area contributed by atoms with Crippen molar-refractivity contribution in [2.24, 2.45) is 5.73 Å². The van der Waals surface area contributed by atoms with Gasteiger partial charge in [-0.05, 0) is 18.6 Å². The highest BCUT2D eigenvalue weighted by Gasteiger charge is 2.34. The minimum absolute atomic E-state index is 0.223. The Morgan fingerprint density at radius 1 is 1.47 bits per heavy atom. The van der Waals surface area contributed by atoms with Crippen molar-refractivity contribution in [3.05, 3.63) is 29.8 Å². The van der Waals surface area contributed by atoms with E-state index in [9.17, 15) is 0 Å². The van der Waals surface area contributed by atoms with Gasteiger partial charge in [0.05, 0.1) is 13.2 Å². The molecular weight excluding hydrogens is 190 g/mol. The van der Waals surface area contributed by atoms with E-state index in [-0.39, 0.29) is 5.60 Å². The van der Waals surface area contributed by atoms with Crippen LogP contribution in [0.15, 0.2) is 24.3 Å². The molecule has 0 aromatic heterocycles. The van der Waals surface area contributed by atoms with Crippen LogP contribution in [0.1, 0.15) is 12.5 Å². The van der Waals surface area contributed by atoms with Gasteiger partial charge in [0.25, 0.3) is 0 Å². The summed E-state index contributed by atoms with van der Waals surface area (Å²) in [5.41, 5.74) is 6.41. The first-order chi connectivity index (χ1) is 7.23. The fraction of sp³-hybridized carbons (Fsp3) is 0.500. The number of hydrogen-bond acceptors (Lipinski definition) is 3. The van der Waals surface area contributed by atoms with Crippen molar-refractivity contribution in [1.29, 1.82) is 0 Å². The van der Waals surface area contributed by atoms with E-state index in [1.807, 2.05) is 18.2 Å². The van der Waals surface area contributed by atoms with E-state index in [0.717, 1.165) is 12.2 Å². The molecule has 1 unspecified atom stereocenters. The molecule has 0 aliphatic carbocycles. The summed E-state index contributed by atoms with van der Waals surface area (Å²) < 4.78 is 11.3. The van der Waals surface area contributed by atoms with Crippen molar-refractivity contribution < 1.29 is 9.47 Å². The zero-order valence-electron chi connectivity index (χ0n) is 9.03. The topological polar surface area (TPSA) is 44.5 Å². The molecule has 3 heteroatoms. The number of para-hydroxylation sites is 1. The van der Waals surface area contributed by atoms with Gasteiger partial charge >= 0.3 is 0 Å². The quantitative estimate of drug-likeness (QED) is 0.758. The number of benzene rings is 1. The molecule has 0 radical (unpaired) electrons. The second-order valence-corrected chi connectivity index (χ2v) is 4.18. The number of fused-ring (bicyclic) bond motifs is 1. The van der Waals surface area contributed by atoms with Gasteiger partial charge in [0.15, 0.2) is 0 Å². The Kier molecular flexibility index (Phi) is 2.93. The molecule has 2 rings (SSSR count). The van der Waals surface area contributed by atoms with Gasteiger partial charge in [-0.2, -0.15) is 0 Å². The number of ether oxygens (including phenoxy) is 2. The summed E-state index contributed by atoms with van der Waals surface area (Å²) in [6.45, 7) is 3.82. The molecule has 1 aliphatic rings. The molecule has 0 saturated heterocycles. The Labute approximate surface area is 90.2 Å². The van der Waals surface area contributed by atoms with E-state index in [1.54, 1.807) is 0 Å². The highest BCUT2D eigenvalue weighted by molar-refractivity contribution is 5.38. The maximum atomic E-state index is 5.88. The van der Waals surface area contributed by atoms with Gasteiger partial charge < -0.3 is 15.2 Å². The van der Waals surface area contributed by atoms with E-state index in [2.05, 4.69) is 13.0 Å². The summed E-state index contributed by atoms with van der Waals surface area (Å²) in [4.78, 5) is 0. The Balaban J connectivity index is 1.98. The average Bonchev–Trinajstić information content (AvgIpc) is 2.54. The average molecular weight is 207 g/mol. The zero-order chi connectivity index (χ0) is 10.7. The van der Waals surface area contributed by atoms with Crippen LogP contribution in [-0.2, 0) is 11.2 Å². The maximum Gasteiger partial charge on any atom is 0.134 e. The SMILES string of the molecule is CC1(COCCN)Cc2ccccc2O1. The largest absolute Gasteiger partial charge is 0.485 e. The van der Waals surface area contributed by atoms with Crippen LogP contribution in [0.25, 0.3) is 0 Å². The summed E-state index contributed by atoms with van der Waals surface area (Å²) in [6, 6.07) is 8.13. The lowest BCUT2D eigenvalue weighted by molar-refractivity contribution is 0.00125. The molecule has 82 valence electrons. The van der Waals surface area contributed by atoms with E-state index in [0.29, 0.717) is 19.8 Å². The third-order valence-corrected chi connectivity index (χ3v) is 2.56. The van der Waals surface area contributed by atoms with Crippen molar-refractivity contribution in [3.63, 3.8) is 0 Å². The van der Waals surface area contributed by atoms with Crippen LogP contribution in [-0.4, -0.2) is 25.4 Å². The summed E-state index contributed by atoms with van der Waals surface area (Å²) in [7, 11) is 0. The van der Waals surface area contributed by atoms with Crippen LogP contribution in [0, 0.1) is 0 Å². The minimum Gasteiger partial charge on any atom is -0.485 e. The molecule has 1 aliphatic heterocycles. The van der Waals surface area contributed by atoms with Gasteiger partial charge in [0.2, 0.25) is 0 Å². The van der Waals surface area contributed by atoms with Crippen LogP contribution in [0.3, 0.4) is 0 Å². The summed E-state index contributed by atoms with van der Waals surface area (Å²) >= 11 is 0. The van der Waals surface area contributed by atoms with Crippen molar-refractivity contribution in [2.45, 2.75) is 18.9 Å². The maximum absolute atomic E-state index is 5.88. The predicted molar refractivity (Wildman–Crippen MR) is 59.1 cm³/mol. The molecule has 15 heavy (non-hydrogen) atoms. The van der Waals surface area contributed by atoms with Crippen molar-refractivity contribution in [1.82, 2.24) is 0 Å². The fourth-order valence-electron chi connectivity index (χ4n) is 1.91. The van der Waals surface area contributed by atoms with Gasteiger partial charge in [-0.15, -0.1) is 0 Å². The monoisotopic (exact) mass is 207 g/mol. The molecule has 0 amide bonds. The van der Waals surface area contributed by atoms with Gasteiger partial charge in [-0.1, -0.05) is 18.2 Å². The molecule has 0 saturated carbocycles. The third-order valence-electron chi connectivity index (χ3n) is 2.56. The standard InChI is InChI=1S/C12H17NO2/c1-12(9-14-7-6-13)8-10-4-2-3-5-11(10)15-12/h2-5H,6-9,13H2,1H3. The first-order valence-electron chi connectivity index (χ1n) is 5.28. The molecule has 1 aromatic rings. The van der Waals surface area contributed by atoms with Gasteiger partial charge in [0, 0.05) is 13.0 Å². The molecule has 3 nitrogen and oxygen atoms in total. The molecule has 1 atom stereocenters. The Bertz CT molecular complexity index is 313. The molecule has 0 bridgehead atoms. The van der Waals surface area contributed by atoms with Crippen LogP contribution in [0.2, 0.25) is 0 Å². The molecular formula is C12H17NO2. The van der Waals surface area contributed by atoms with Crippen LogP contribution in [0.5, 0.6) is 5.75 Å². The highest BCUT2D eigenvalue weighted by Crippen LogP contribution is 2.34. The van der Waals surface area contributed by atoms with Crippen molar-refractivity contribution in [3.8, 4) is 5.75 Å². The summed E-state index contributed by atoms with van der Waals surface area (Å²) in [6.07, 6.45) is 0.910. The van der Waals surface area contributed by atoms with Crippen LogP contribution < -0.4 is 10.5 Å². The lowest BCUT2D eigenvalue weighted by Gasteiger charge is -2.23. The van der Waals surface area contributed by atoms with Crippen molar-refractivity contribution >= 4 is 0 Å². The first kappa shape index (κ1) is 10.5. The second kappa shape index (κ2) is 4.21. The third kappa shape index (κ3) is 2.30. The molecule has 0 spiro atoms. The van der Waals surface area contributed by atoms with E-state index >= 15 is 0 Å². The van der Waals surface area contributed by atoms with Crippen LogP contribution >= 0.6 is 0 Å². The molecule has 2 N–H and O–H groups in total. The first-order valence-corrected chi connectivity index (χ1v) is 5.28. The highest BCUT2D eigenvalue weighted by atomic mass is 16.5. The van der Waals surface area contributed by atoms with Gasteiger partial charge in [-0.3, -0.25) is 0 Å². The molecule has 1 heterocycles. The summed E-state index contributed by atoms with van der Waals surface area (Å²) in [5, 5.41) is 0. The van der Waals surface area contributed by atoms with Crippen molar-refractivity contribution in [2.75, 3.05) is 19.8 Å².